The Hall–Kier alpha value is -1.98. The van der Waals surface area contributed by atoms with Crippen LogP contribution in [0.3, 0.4) is 0 Å². The number of hydrogen-bond donors (Lipinski definition) is 0. The Labute approximate surface area is 117 Å². The molecule has 0 fully saturated rings. The van der Waals surface area contributed by atoms with Crippen LogP contribution in [0, 0.1) is 6.92 Å². The molecular weight excluding hydrogens is 294 g/mol. The van der Waals surface area contributed by atoms with Crippen molar-refractivity contribution < 1.29 is 26.3 Å². The highest BCUT2D eigenvalue weighted by Gasteiger charge is 2.32. The Bertz CT molecular complexity index is 652. The van der Waals surface area contributed by atoms with Gasteiger partial charge in [0.2, 0.25) is 0 Å². The van der Waals surface area contributed by atoms with Gasteiger partial charge in [0, 0.05) is 0 Å². The largest absolute Gasteiger partial charge is 0.416 e. The molecule has 0 aliphatic rings. The van der Waals surface area contributed by atoms with Gasteiger partial charge in [-0.1, -0.05) is 24.3 Å². The van der Waals surface area contributed by atoms with Gasteiger partial charge in [-0.05, 0) is 41.8 Å². The molecule has 0 atom stereocenters. The van der Waals surface area contributed by atoms with E-state index in [0.29, 0.717) is 5.56 Å². The summed E-state index contributed by atoms with van der Waals surface area (Å²) in [6.07, 6.45) is -8.96. The zero-order valence-electron chi connectivity index (χ0n) is 10.8. The molecule has 0 aromatic heterocycles. The molecule has 2 aromatic carbocycles. The predicted molar refractivity (Wildman–Crippen MR) is 66.6 cm³/mol. The number of aryl methyl sites for hydroxylation is 1. The van der Waals surface area contributed by atoms with Gasteiger partial charge in [-0.15, -0.1) is 0 Å². The number of hydrogen-bond acceptors (Lipinski definition) is 0. The molecule has 0 bridgehead atoms. The van der Waals surface area contributed by atoms with Gasteiger partial charge in [-0.25, -0.2) is 0 Å². The molecule has 0 amide bonds. The zero-order valence-corrected chi connectivity index (χ0v) is 10.8. The summed E-state index contributed by atoms with van der Waals surface area (Å²) >= 11 is 0. The fourth-order valence-corrected chi connectivity index (χ4v) is 2.04. The van der Waals surface area contributed by atoms with E-state index in [-0.39, 0.29) is 11.1 Å². The third-order valence-corrected chi connectivity index (χ3v) is 3.06. The molecular formula is C15H10F6. The second-order valence-corrected chi connectivity index (χ2v) is 4.61. The number of rotatable bonds is 1. The Morgan fingerprint density at radius 3 is 1.86 bits per heavy atom. The van der Waals surface area contributed by atoms with Crippen LogP contribution in [-0.4, -0.2) is 0 Å². The normalized spacial score (nSPS) is 12.5. The van der Waals surface area contributed by atoms with Crippen LogP contribution in [-0.2, 0) is 12.4 Å². The molecule has 0 aliphatic carbocycles. The molecule has 112 valence electrons. The number of benzene rings is 2. The highest BCUT2D eigenvalue weighted by Crippen LogP contribution is 2.35. The Morgan fingerprint density at radius 1 is 0.714 bits per heavy atom. The minimum Gasteiger partial charge on any atom is -0.166 e. The molecule has 0 radical (unpaired) electrons. The molecule has 2 aromatic rings. The van der Waals surface area contributed by atoms with Gasteiger partial charge in [0.05, 0.1) is 11.1 Å². The average molecular weight is 304 g/mol. The maximum Gasteiger partial charge on any atom is 0.416 e. The fraction of sp³-hybridized carbons (Fsp3) is 0.200. The molecule has 0 unspecified atom stereocenters. The summed E-state index contributed by atoms with van der Waals surface area (Å²) < 4.78 is 75.9. The molecule has 0 N–H and O–H groups in total. The molecule has 0 spiro atoms. The average Bonchev–Trinajstić information content (AvgIpc) is 2.36. The van der Waals surface area contributed by atoms with E-state index < -0.39 is 23.5 Å². The van der Waals surface area contributed by atoms with Crippen LogP contribution < -0.4 is 0 Å². The van der Waals surface area contributed by atoms with Crippen LogP contribution in [0.25, 0.3) is 11.1 Å². The quantitative estimate of drug-likeness (QED) is 0.593. The monoisotopic (exact) mass is 304 g/mol. The van der Waals surface area contributed by atoms with Crippen molar-refractivity contribution in [1.29, 1.82) is 0 Å². The van der Waals surface area contributed by atoms with Gasteiger partial charge < -0.3 is 0 Å². The lowest BCUT2D eigenvalue weighted by Crippen LogP contribution is -2.07. The summed E-state index contributed by atoms with van der Waals surface area (Å²) in [5, 5.41) is 0. The minimum absolute atomic E-state index is 0.0302. The van der Waals surface area contributed by atoms with Gasteiger partial charge in [-0.3, -0.25) is 0 Å². The third kappa shape index (κ3) is 3.37. The van der Waals surface area contributed by atoms with Crippen LogP contribution in [0.1, 0.15) is 16.7 Å². The van der Waals surface area contributed by atoms with Gasteiger partial charge in [-0.2, -0.15) is 26.3 Å². The first-order valence-electron chi connectivity index (χ1n) is 5.94. The van der Waals surface area contributed by atoms with Gasteiger partial charge >= 0.3 is 12.4 Å². The van der Waals surface area contributed by atoms with Gasteiger partial charge in [0.15, 0.2) is 0 Å². The maximum atomic E-state index is 12.7. The lowest BCUT2D eigenvalue weighted by Gasteiger charge is -2.13. The molecule has 0 nitrogen and oxygen atoms in total. The van der Waals surface area contributed by atoms with Crippen molar-refractivity contribution >= 4 is 0 Å². The van der Waals surface area contributed by atoms with E-state index in [0.717, 1.165) is 18.2 Å². The number of alkyl halides is 6. The van der Waals surface area contributed by atoms with E-state index in [2.05, 4.69) is 0 Å². The molecule has 0 saturated heterocycles. The third-order valence-electron chi connectivity index (χ3n) is 3.06. The van der Waals surface area contributed by atoms with Crippen molar-refractivity contribution in [3.05, 3.63) is 59.2 Å². The van der Waals surface area contributed by atoms with Crippen LogP contribution >= 0.6 is 0 Å². The molecule has 2 rings (SSSR count). The highest BCUT2D eigenvalue weighted by molar-refractivity contribution is 5.66. The van der Waals surface area contributed by atoms with Crippen molar-refractivity contribution in [3.63, 3.8) is 0 Å². The first-order chi connectivity index (χ1) is 9.59. The van der Waals surface area contributed by atoms with Crippen LogP contribution in [0.4, 0.5) is 26.3 Å². The summed E-state index contributed by atoms with van der Waals surface area (Å²) in [4.78, 5) is 0. The lowest BCUT2D eigenvalue weighted by molar-refractivity contribution is -0.138. The summed E-state index contributed by atoms with van der Waals surface area (Å²) in [5.41, 5.74) is -1.12. The maximum absolute atomic E-state index is 12.7. The molecule has 6 heteroatoms. The van der Waals surface area contributed by atoms with Crippen molar-refractivity contribution in [2.45, 2.75) is 19.3 Å². The lowest BCUT2D eigenvalue weighted by atomic mass is 9.98. The van der Waals surface area contributed by atoms with E-state index in [1.54, 1.807) is 0 Å². The van der Waals surface area contributed by atoms with E-state index >= 15 is 0 Å². The summed E-state index contributed by atoms with van der Waals surface area (Å²) in [6.45, 7) is 1.28. The highest BCUT2D eigenvalue weighted by atomic mass is 19.4. The SMILES string of the molecule is Cc1cc(-c2cccc(C(F)(F)F)c2)ccc1C(F)(F)F. The summed E-state index contributed by atoms with van der Waals surface area (Å²) in [5.74, 6) is 0. The smallest absolute Gasteiger partial charge is 0.166 e. The van der Waals surface area contributed by atoms with Gasteiger partial charge in [0.1, 0.15) is 0 Å². The second-order valence-electron chi connectivity index (χ2n) is 4.61. The summed E-state index contributed by atoms with van der Waals surface area (Å²) in [7, 11) is 0. The van der Waals surface area contributed by atoms with Crippen LogP contribution in [0.5, 0.6) is 0 Å². The van der Waals surface area contributed by atoms with E-state index in [4.69, 9.17) is 0 Å². The van der Waals surface area contributed by atoms with Crippen LogP contribution in [0.2, 0.25) is 0 Å². The second kappa shape index (κ2) is 5.09. The molecule has 0 aliphatic heterocycles. The van der Waals surface area contributed by atoms with Crippen molar-refractivity contribution in [2.75, 3.05) is 0 Å². The van der Waals surface area contributed by atoms with Crippen molar-refractivity contribution in [3.8, 4) is 11.1 Å². The van der Waals surface area contributed by atoms with Crippen molar-refractivity contribution in [1.82, 2.24) is 0 Å². The minimum atomic E-state index is -4.49. The topological polar surface area (TPSA) is 0 Å². The molecule has 21 heavy (non-hydrogen) atoms. The molecule has 0 heterocycles. The van der Waals surface area contributed by atoms with E-state index in [9.17, 15) is 26.3 Å². The first kappa shape index (κ1) is 15.4. The van der Waals surface area contributed by atoms with Gasteiger partial charge in [0.25, 0.3) is 0 Å². The van der Waals surface area contributed by atoms with E-state index in [1.807, 2.05) is 0 Å². The standard InChI is InChI=1S/C15H10F6/c1-9-7-11(5-6-13(9)15(19,20)21)10-3-2-4-12(8-10)14(16,17)18/h2-8H,1H3. The Morgan fingerprint density at radius 2 is 1.33 bits per heavy atom. The van der Waals surface area contributed by atoms with Crippen molar-refractivity contribution in [2.24, 2.45) is 0 Å². The molecule has 0 saturated carbocycles. The van der Waals surface area contributed by atoms with E-state index in [1.165, 1.54) is 31.2 Å². The predicted octanol–water partition coefficient (Wildman–Crippen LogP) is 5.70. The Balaban J connectivity index is 2.47. The Kier molecular flexibility index (Phi) is 3.74. The zero-order chi connectivity index (χ0) is 15.8. The summed E-state index contributed by atoms with van der Waals surface area (Å²) in [6, 6.07) is 7.78. The first-order valence-corrected chi connectivity index (χ1v) is 5.94. The number of halogens is 6. The van der Waals surface area contributed by atoms with Crippen LogP contribution in [0.15, 0.2) is 42.5 Å². The fourth-order valence-electron chi connectivity index (χ4n) is 2.04.